The zero-order valence-electron chi connectivity index (χ0n) is 24.3. The number of hydrogen-bond acceptors (Lipinski definition) is 6. The van der Waals surface area contributed by atoms with Gasteiger partial charge in [0, 0.05) is 31.1 Å². The number of rotatable bonds is 8. The third-order valence-corrected chi connectivity index (χ3v) is 9.59. The van der Waals surface area contributed by atoms with Gasteiger partial charge in [-0.25, -0.2) is 4.79 Å². The van der Waals surface area contributed by atoms with Gasteiger partial charge in [0.1, 0.15) is 6.04 Å². The molecule has 2 fully saturated rings. The van der Waals surface area contributed by atoms with Crippen molar-refractivity contribution in [3.8, 4) is 0 Å². The van der Waals surface area contributed by atoms with Crippen molar-refractivity contribution in [2.24, 2.45) is 16.7 Å². The number of benzene rings is 2. The fraction of sp³-hybridized carbons (Fsp3) is 0.484. The topological polar surface area (TPSA) is 114 Å². The Morgan fingerprint density at radius 2 is 1.64 bits per heavy atom. The molecule has 0 spiro atoms. The lowest BCUT2D eigenvalue weighted by Gasteiger charge is -2.43. The minimum absolute atomic E-state index is 0.0413. The molecule has 0 bridgehead atoms. The summed E-state index contributed by atoms with van der Waals surface area (Å²) in [7, 11) is 1.28. The molecule has 3 amide bonds. The van der Waals surface area contributed by atoms with Gasteiger partial charge in [0.15, 0.2) is 0 Å². The number of anilines is 1. The van der Waals surface area contributed by atoms with Crippen LogP contribution in [0.5, 0.6) is 0 Å². The van der Waals surface area contributed by atoms with Gasteiger partial charge in [0.25, 0.3) is 5.91 Å². The highest BCUT2D eigenvalue weighted by Crippen LogP contribution is 2.57. The van der Waals surface area contributed by atoms with Crippen LogP contribution in [0.25, 0.3) is 0 Å². The highest BCUT2D eigenvalue weighted by atomic mass is 35.5. The zero-order chi connectivity index (χ0) is 30.7. The smallest absolute Gasteiger partial charge is 0.328 e. The van der Waals surface area contributed by atoms with Crippen molar-refractivity contribution in [1.82, 2.24) is 10.2 Å². The highest BCUT2D eigenvalue weighted by Gasteiger charge is 2.59. The second kappa shape index (κ2) is 13.0. The molecule has 1 saturated heterocycles. The Hall–Kier alpha value is -3.14. The fourth-order valence-electron chi connectivity index (χ4n) is 5.93. The van der Waals surface area contributed by atoms with E-state index in [1.807, 2.05) is 25.7 Å². The number of carbonyl (C=O) groups is 4. The first-order valence-electron chi connectivity index (χ1n) is 14.0. The highest BCUT2D eigenvalue weighted by molar-refractivity contribution is 6.40. The van der Waals surface area contributed by atoms with E-state index in [0.29, 0.717) is 44.8 Å². The number of esters is 1. The van der Waals surface area contributed by atoms with Gasteiger partial charge in [-0.2, -0.15) is 0 Å². The summed E-state index contributed by atoms with van der Waals surface area (Å²) in [6.45, 7) is 7.96. The predicted octanol–water partition coefficient (Wildman–Crippen LogP) is 4.75. The summed E-state index contributed by atoms with van der Waals surface area (Å²) >= 11 is 12.3. The Balaban J connectivity index is 1.43. The van der Waals surface area contributed by atoms with Crippen LogP contribution in [0.3, 0.4) is 0 Å². The number of carbonyl (C=O) groups excluding carboxylic acids is 4. The first-order valence-corrected chi connectivity index (χ1v) is 14.7. The molecule has 9 nitrogen and oxygen atoms in total. The third kappa shape index (κ3) is 6.43. The summed E-state index contributed by atoms with van der Waals surface area (Å²) in [5, 5.41) is 6.14. The van der Waals surface area contributed by atoms with E-state index in [9.17, 15) is 19.2 Å². The first kappa shape index (κ1) is 31.8. The largest absolute Gasteiger partial charge is 0.467 e. The molecule has 1 heterocycles. The molecular weight excluding hydrogens is 581 g/mol. The van der Waals surface area contributed by atoms with Crippen molar-refractivity contribution < 1.29 is 28.7 Å². The van der Waals surface area contributed by atoms with Crippen molar-refractivity contribution in [3.05, 3.63) is 63.6 Å². The van der Waals surface area contributed by atoms with Crippen LogP contribution in [-0.2, 0) is 30.3 Å². The number of amides is 3. The average molecular weight is 619 g/mol. The predicted molar refractivity (Wildman–Crippen MR) is 161 cm³/mol. The van der Waals surface area contributed by atoms with Crippen LogP contribution in [0.1, 0.15) is 49.5 Å². The van der Waals surface area contributed by atoms with E-state index >= 15 is 0 Å². The Labute approximate surface area is 256 Å². The van der Waals surface area contributed by atoms with Crippen LogP contribution in [0, 0.1) is 16.7 Å². The minimum Gasteiger partial charge on any atom is -0.467 e. The quantitative estimate of drug-likeness (QED) is 0.413. The second-order valence-electron chi connectivity index (χ2n) is 11.6. The summed E-state index contributed by atoms with van der Waals surface area (Å²) in [6.07, 6.45) is 1.28. The molecule has 0 aromatic heterocycles. The normalized spacial score (nSPS) is 22.2. The van der Waals surface area contributed by atoms with E-state index in [1.54, 1.807) is 42.5 Å². The van der Waals surface area contributed by atoms with Gasteiger partial charge in [0.05, 0.1) is 41.3 Å². The zero-order valence-corrected chi connectivity index (χ0v) is 25.8. The van der Waals surface area contributed by atoms with E-state index in [-0.39, 0.29) is 33.8 Å². The maximum absolute atomic E-state index is 13.6. The van der Waals surface area contributed by atoms with Gasteiger partial charge in [-0.15, -0.1) is 0 Å². The van der Waals surface area contributed by atoms with E-state index in [0.717, 1.165) is 5.56 Å². The number of halogens is 2. The molecule has 0 radical (unpaired) electrons. The molecule has 4 rings (SSSR count). The number of hydrogen-bond donors (Lipinski definition) is 2. The molecular formula is C31H37Cl2N3O6. The van der Waals surface area contributed by atoms with Crippen LogP contribution in [0.4, 0.5) is 5.69 Å². The maximum Gasteiger partial charge on any atom is 0.328 e. The monoisotopic (exact) mass is 617 g/mol. The van der Waals surface area contributed by atoms with Gasteiger partial charge in [-0.1, -0.05) is 62.2 Å². The molecule has 1 aliphatic heterocycles. The van der Waals surface area contributed by atoms with E-state index in [4.69, 9.17) is 32.7 Å². The van der Waals surface area contributed by atoms with E-state index < -0.39 is 34.7 Å². The molecule has 1 aliphatic carbocycles. The van der Waals surface area contributed by atoms with Crippen molar-refractivity contribution in [1.29, 1.82) is 0 Å². The SMILES string of the molecule is COC(=O)[C@H](Cc1ccc(NC(=O)c2c(Cl)cccc2Cl)cc1)NC(=O)C1CCC(C)(C(=O)N2CCOCC2)C1(C)C. The molecule has 42 heavy (non-hydrogen) atoms. The van der Waals surface area contributed by atoms with E-state index in [1.165, 1.54) is 7.11 Å². The molecule has 3 atom stereocenters. The number of ether oxygens (including phenoxy) is 2. The number of nitrogens with zero attached hydrogens (tertiary/aromatic N) is 1. The number of morpholine rings is 1. The fourth-order valence-corrected chi connectivity index (χ4v) is 6.50. The Bertz CT molecular complexity index is 1320. The summed E-state index contributed by atoms with van der Waals surface area (Å²) in [5.74, 6) is -1.73. The van der Waals surface area contributed by atoms with Gasteiger partial charge >= 0.3 is 5.97 Å². The van der Waals surface area contributed by atoms with Crippen LogP contribution < -0.4 is 10.6 Å². The third-order valence-electron chi connectivity index (χ3n) is 8.96. The standard InChI is InChI=1S/C31H37Cl2N3O6/c1-30(2)21(12-13-31(30,3)29(40)36-14-16-42-17-15-36)26(37)35-24(28(39)41-4)18-19-8-10-20(11-9-19)34-27(38)25-22(32)6-5-7-23(25)33/h5-11,21,24H,12-18H2,1-4H3,(H,34,38)(H,35,37)/t21?,24-,31?/m0/s1. The van der Waals surface area contributed by atoms with Gasteiger partial charge in [-0.3, -0.25) is 14.4 Å². The maximum atomic E-state index is 13.6. The molecule has 2 aromatic carbocycles. The number of nitrogens with one attached hydrogen (secondary N) is 2. The summed E-state index contributed by atoms with van der Waals surface area (Å²) in [6, 6.07) is 10.8. The molecule has 2 aliphatic rings. The van der Waals surface area contributed by atoms with Crippen LogP contribution in [0.15, 0.2) is 42.5 Å². The lowest BCUT2D eigenvalue weighted by molar-refractivity contribution is -0.153. The molecule has 2 unspecified atom stereocenters. The summed E-state index contributed by atoms with van der Waals surface area (Å²) in [4.78, 5) is 54.4. The second-order valence-corrected chi connectivity index (χ2v) is 12.4. The van der Waals surface area contributed by atoms with Gasteiger partial charge in [-0.05, 0) is 48.1 Å². The van der Waals surface area contributed by atoms with Crippen molar-refractivity contribution in [2.75, 3.05) is 38.7 Å². The first-order chi connectivity index (χ1) is 19.9. The Morgan fingerprint density at radius 1 is 1.02 bits per heavy atom. The Kier molecular flexibility index (Phi) is 9.85. The summed E-state index contributed by atoms with van der Waals surface area (Å²) < 4.78 is 10.4. The lowest BCUT2D eigenvalue weighted by atomic mass is 9.64. The van der Waals surface area contributed by atoms with Crippen LogP contribution >= 0.6 is 23.2 Å². The van der Waals surface area contributed by atoms with Crippen molar-refractivity contribution in [2.45, 2.75) is 46.1 Å². The van der Waals surface area contributed by atoms with E-state index in [2.05, 4.69) is 10.6 Å². The minimum atomic E-state index is -0.928. The Morgan fingerprint density at radius 3 is 2.24 bits per heavy atom. The van der Waals surface area contributed by atoms with Crippen LogP contribution in [0.2, 0.25) is 10.0 Å². The van der Waals surface area contributed by atoms with Crippen molar-refractivity contribution >= 4 is 52.6 Å². The number of methoxy groups -OCH3 is 1. The molecule has 2 aromatic rings. The van der Waals surface area contributed by atoms with Gasteiger partial charge < -0.3 is 25.0 Å². The lowest BCUT2D eigenvalue weighted by Crippen LogP contribution is -2.54. The molecule has 1 saturated carbocycles. The average Bonchev–Trinajstić information content (AvgIpc) is 3.22. The summed E-state index contributed by atoms with van der Waals surface area (Å²) in [5.41, 5.74) is 0.0721. The molecule has 2 N–H and O–H groups in total. The van der Waals surface area contributed by atoms with Crippen molar-refractivity contribution in [3.63, 3.8) is 0 Å². The van der Waals surface area contributed by atoms with Gasteiger partial charge in [0.2, 0.25) is 11.8 Å². The molecule has 11 heteroatoms. The molecule has 226 valence electrons. The van der Waals surface area contributed by atoms with Crippen LogP contribution in [-0.4, -0.2) is 68.0 Å².